The van der Waals surface area contributed by atoms with E-state index in [4.69, 9.17) is 11.7 Å². The van der Waals surface area contributed by atoms with E-state index in [9.17, 15) is 4.39 Å². The predicted octanol–water partition coefficient (Wildman–Crippen LogP) is 2.54. The fourth-order valence-corrected chi connectivity index (χ4v) is 3.24. The van der Waals surface area contributed by atoms with E-state index in [1.807, 2.05) is 11.0 Å². The van der Waals surface area contributed by atoms with Crippen LogP contribution in [0.4, 0.5) is 10.1 Å². The van der Waals surface area contributed by atoms with Gasteiger partial charge in [0, 0.05) is 32.2 Å². The first-order valence-corrected chi connectivity index (χ1v) is 7.57. The van der Waals surface area contributed by atoms with Gasteiger partial charge in [-0.05, 0) is 36.6 Å². The molecule has 4 heteroatoms. The van der Waals surface area contributed by atoms with Crippen LogP contribution in [0.5, 0.6) is 0 Å². The van der Waals surface area contributed by atoms with Crippen molar-refractivity contribution < 1.29 is 4.39 Å². The van der Waals surface area contributed by atoms with Gasteiger partial charge < -0.3 is 4.90 Å². The van der Waals surface area contributed by atoms with Crippen LogP contribution in [0.15, 0.2) is 29.8 Å². The molecule has 3 rings (SSSR count). The lowest BCUT2D eigenvalue weighted by Gasteiger charge is -2.38. The number of nitrogens with zero attached hydrogens (tertiary/aromatic N) is 3. The number of anilines is 1. The Morgan fingerprint density at radius 1 is 1.23 bits per heavy atom. The maximum atomic E-state index is 14.1. The molecule has 1 unspecified atom stereocenters. The molecular weight excluding hydrogens is 277 g/mol. The van der Waals surface area contributed by atoms with Gasteiger partial charge in [0.2, 0.25) is 0 Å². The standard InChI is InChI=1S/C18H18FN3/c1-2-14-3-5-16(11-14)21-7-9-22(10-8-21)18-6-4-15(13-20)12-17(18)19/h1,4,6,11-12,16H,3,5,7-10H2. The van der Waals surface area contributed by atoms with Crippen molar-refractivity contribution in [3.05, 3.63) is 41.2 Å². The molecule has 0 aromatic heterocycles. The highest BCUT2D eigenvalue weighted by atomic mass is 19.1. The zero-order valence-corrected chi connectivity index (χ0v) is 12.4. The summed E-state index contributed by atoms with van der Waals surface area (Å²) in [5.74, 6) is 2.42. The summed E-state index contributed by atoms with van der Waals surface area (Å²) in [5, 5.41) is 8.80. The Morgan fingerprint density at radius 3 is 2.59 bits per heavy atom. The summed E-state index contributed by atoms with van der Waals surface area (Å²) in [6, 6.07) is 7.07. The summed E-state index contributed by atoms with van der Waals surface area (Å²) in [4.78, 5) is 4.47. The Kier molecular flexibility index (Phi) is 4.13. The second-order valence-corrected chi connectivity index (χ2v) is 5.74. The van der Waals surface area contributed by atoms with Crippen molar-refractivity contribution in [3.8, 4) is 18.4 Å². The van der Waals surface area contributed by atoms with Crippen LogP contribution in [0, 0.1) is 29.5 Å². The summed E-state index contributed by atoms with van der Waals surface area (Å²) in [6.07, 6.45) is 9.73. The molecule has 1 aromatic rings. The van der Waals surface area contributed by atoms with Crippen molar-refractivity contribution in [1.82, 2.24) is 4.90 Å². The second-order valence-electron chi connectivity index (χ2n) is 5.74. The van der Waals surface area contributed by atoms with E-state index in [1.165, 1.54) is 6.07 Å². The number of nitriles is 1. The van der Waals surface area contributed by atoms with Gasteiger partial charge in [0.1, 0.15) is 5.82 Å². The molecule has 1 aliphatic carbocycles. The lowest BCUT2D eigenvalue weighted by Crippen LogP contribution is -2.49. The van der Waals surface area contributed by atoms with Crippen LogP contribution in [0.2, 0.25) is 0 Å². The molecular formula is C18H18FN3. The molecule has 1 fully saturated rings. The fraction of sp³-hybridized carbons (Fsp3) is 0.389. The molecule has 1 heterocycles. The van der Waals surface area contributed by atoms with Crippen molar-refractivity contribution in [3.63, 3.8) is 0 Å². The third kappa shape index (κ3) is 2.84. The van der Waals surface area contributed by atoms with Crippen molar-refractivity contribution in [2.75, 3.05) is 31.1 Å². The van der Waals surface area contributed by atoms with Gasteiger partial charge in [-0.25, -0.2) is 4.39 Å². The van der Waals surface area contributed by atoms with E-state index in [1.54, 1.807) is 12.1 Å². The van der Waals surface area contributed by atoms with Crippen LogP contribution >= 0.6 is 0 Å². The largest absolute Gasteiger partial charge is 0.367 e. The zero-order chi connectivity index (χ0) is 15.5. The van der Waals surface area contributed by atoms with Gasteiger partial charge in [0.05, 0.1) is 17.3 Å². The minimum absolute atomic E-state index is 0.317. The topological polar surface area (TPSA) is 30.3 Å². The highest BCUT2D eigenvalue weighted by molar-refractivity contribution is 5.51. The highest BCUT2D eigenvalue weighted by Crippen LogP contribution is 2.26. The fourth-order valence-electron chi connectivity index (χ4n) is 3.24. The lowest BCUT2D eigenvalue weighted by atomic mass is 10.1. The molecule has 0 bridgehead atoms. The number of benzene rings is 1. The SMILES string of the molecule is C#CC1=CC(N2CCN(c3ccc(C#N)cc3F)CC2)CC1. The van der Waals surface area contributed by atoms with Crippen LogP contribution in [0.1, 0.15) is 18.4 Å². The predicted molar refractivity (Wildman–Crippen MR) is 84.8 cm³/mol. The van der Waals surface area contributed by atoms with Crippen LogP contribution in [0.3, 0.4) is 0 Å². The second kappa shape index (κ2) is 6.22. The Bertz CT molecular complexity index is 673. The first kappa shape index (κ1) is 14.6. The highest BCUT2D eigenvalue weighted by Gasteiger charge is 2.26. The third-order valence-corrected chi connectivity index (χ3v) is 4.49. The average molecular weight is 295 g/mol. The Hall–Kier alpha value is -2.30. The maximum Gasteiger partial charge on any atom is 0.147 e. The molecule has 112 valence electrons. The molecule has 1 aliphatic heterocycles. The van der Waals surface area contributed by atoms with E-state index in [0.29, 0.717) is 17.3 Å². The van der Waals surface area contributed by atoms with Crippen molar-refractivity contribution in [1.29, 1.82) is 5.26 Å². The van der Waals surface area contributed by atoms with E-state index in [-0.39, 0.29) is 5.82 Å². The molecule has 1 saturated heterocycles. The number of hydrogen-bond donors (Lipinski definition) is 0. The van der Waals surface area contributed by atoms with Gasteiger partial charge >= 0.3 is 0 Å². The van der Waals surface area contributed by atoms with Gasteiger partial charge in [-0.15, -0.1) is 6.42 Å². The number of halogens is 1. The summed E-state index contributed by atoms with van der Waals surface area (Å²) >= 11 is 0. The van der Waals surface area contributed by atoms with E-state index in [2.05, 4.69) is 16.9 Å². The van der Waals surface area contributed by atoms with Gasteiger partial charge in [-0.2, -0.15) is 5.26 Å². The van der Waals surface area contributed by atoms with Crippen molar-refractivity contribution >= 4 is 5.69 Å². The number of piperazine rings is 1. The Balaban J connectivity index is 1.64. The number of hydrogen-bond acceptors (Lipinski definition) is 3. The lowest BCUT2D eigenvalue weighted by molar-refractivity contribution is 0.214. The number of rotatable bonds is 2. The summed E-state index contributed by atoms with van der Waals surface area (Å²) in [5.41, 5.74) is 2.05. The van der Waals surface area contributed by atoms with Crippen molar-refractivity contribution in [2.45, 2.75) is 18.9 Å². The Morgan fingerprint density at radius 2 is 2.00 bits per heavy atom. The number of terminal acetylenes is 1. The molecule has 0 N–H and O–H groups in total. The molecule has 1 atom stereocenters. The summed E-state index contributed by atoms with van der Waals surface area (Å²) < 4.78 is 14.1. The number of allylic oxidation sites excluding steroid dienone is 1. The molecule has 1 aromatic carbocycles. The minimum atomic E-state index is -0.317. The quantitative estimate of drug-likeness (QED) is 0.786. The summed E-state index contributed by atoms with van der Waals surface area (Å²) in [6.45, 7) is 3.38. The van der Waals surface area contributed by atoms with Gasteiger partial charge in [-0.3, -0.25) is 4.90 Å². The zero-order valence-electron chi connectivity index (χ0n) is 12.4. The molecule has 0 amide bonds. The first-order chi connectivity index (χ1) is 10.7. The monoisotopic (exact) mass is 295 g/mol. The first-order valence-electron chi connectivity index (χ1n) is 7.57. The van der Waals surface area contributed by atoms with Crippen molar-refractivity contribution in [2.24, 2.45) is 0 Å². The minimum Gasteiger partial charge on any atom is -0.367 e. The van der Waals surface area contributed by atoms with E-state index in [0.717, 1.165) is 44.6 Å². The smallest absolute Gasteiger partial charge is 0.147 e. The molecule has 3 nitrogen and oxygen atoms in total. The van der Waals surface area contributed by atoms with Crippen LogP contribution in [-0.2, 0) is 0 Å². The maximum absolute atomic E-state index is 14.1. The van der Waals surface area contributed by atoms with E-state index < -0.39 is 0 Å². The van der Waals surface area contributed by atoms with Crippen LogP contribution in [-0.4, -0.2) is 37.1 Å². The molecule has 2 aliphatic rings. The normalized spacial score (nSPS) is 22.0. The molecule has 0 spiro atoms. The van der Waals surface area contributed by atoms with Crippen LogP contribution < -0.4 is 4.90 Å². The molecule has 22 heavy (non-hydrogen) atoms. The van der Waals surface area contributed by atoms with Gasteiger partial charge in [0.25, 0.3) is 0 Å². The van der Waals surface area contributed by atoms with Gasteiger partial charge in [0.15, 0.2) is 0 Å². The average Bonchev–Trinajstić information content (AvgIpc) is 3.04. The summed E-state index contributed by atoms with van der Waals surface area (Å²) in [7, 11) is 0. The van der Waals surface area contributed by atoms with Crippen LogP contribution in [0.25, 0.3) is 0 Å². The van der Waals surface area contributed by atoms with Gasteiger partial charge in [-0.1, -0.05) is 12.0 Å². The Labute approximate surface area is 130 Å². The molecule has 0 saturated carbocycles. The van der Waals surface area contributed by atoms with E-state index >= 15 is 0 Å². The third-order valence-electron chi connectivity index (χ3n) is 4.49. The molecule has 0 radical (unpaired) electrons.